The molecule has 0 fully saturated rings. The summed E-state index contributed by atoms with van der Waals surface area (Å²) in [5.74, 6) is -0.561. The minimum atomic E-state index is -3.88. The first-order chi connectivity index (χ1) is 15.3. The van der Waals surface area contributed by atoms with Gasteiger partial charge in [-0.2, -0.15) is 0 Å². The van der Waals surface area contributed by atoms with Gasteiger partial charge in [0.1, 0.15) is 5.01 Å². The number of ether oxygens (including phenoxy) is 1. The Morgan fingerprint density at radius 2 is 1.81 bits per heavy atom. The van der Waals surface area contributed by atoms with Gasteiger partial charge in [-0.25, -0.2) is 18.2 Å². The number of aryl methyl sites for hydroxylation is 2. The van der Waals surface area contributed by atoms with Crippen LogP contribution in [0.4, 0.5) is 5.69 Å². The number of rotatable bonds is 6. The summed E-state index contributed by atoms with van der Waals surface area (Å²) in [4.78, 5) is 16.7. The molecular weight excluding hydrogens is 444 g/mol. The monoisotopic (exact) mass is 466 g/mol. The Kier molecular flexibility index (Phi) is 5.99. The number of carbonyl (C=O) groups excluding carboxylic acids is 1. The third kappa shape index (κ3) is 4.37. The highest BCUT2D eigenvalue weighted by molar-refractivity contribution is 7.92. The molecule has 32 heavy (non-hydrogen) atoms. The van der Waals surface area contributed by atoms with Crippen molar-refractivity contribution in [2.45, 2.75) is 25.2 Å². The number of anilines is 1. The van der Waals surface area contributed by atoms with Gasteiger partial charge in [0.2, 0.25) is 0 Å². The van der Waals surface area contributed by atoms with Gasteiger partial charge < -0.3 is 4.74 Å². The summed E-state index contributed by atoms with van der Waals surface area (Å²) >= 11 is 1.60. The molecule has 0 spiro atoms. The zero-order chi connectivity index (χ0) is 22.9. The Labute approximate surface area is 190 Å². The summed E-state index contributed by atoms with van der Waals surface area (Å²) in [7, 11) is -2.60. The second-order valence-corrected chi connectivity index (χ2v) is 10.1. The van der Waals surface area contributed by atoms with Gasteiger partial charge in [0.25, 0.3) is 10.0 Å². The molecule has 164 valence electrons. The molecular formula is C24H22N2O4S2. The number of aromatic nitrogens is 1. The van der Waals surface area contributed by atoms with Crippen molar-refractivity contribution >= 4 is 43.2 Å². The van der Waals surface area contributed by atoms with Gasteiger partial charge in [0.05, 0.1) is 27.8 Å². The maximum Gasteiger partial charge on any atom is 0.338 e. The van der Waals surface area contributed by atoms with Crippen molar-refractivity contribution in [3.05, 3.63) is 77.4 Å². The first-order valence-corrected chi connectivity index (χ1v) is 12.3. The number of esters is 1. The fourth-order valence-corrected chi connectivity index (χ4v) is 5.53. The molecule has 0 unspecified atom stereocenters. The van der Waals surface area contributed by atoms with E-state index in [1.54, 1.807) is 29.5 Å². The van der Waals surface area contributed by atoms with E-state index in [9.17, 15) is 13.2 Å². The number of fused-ring (bicyclic) bond motifs is 1. The third-order valence-electron chi connectivity index (χ3n) is 5.11. The highest BCUT2D eigenvalue weighted by Gasteiger charge is 2.19. The number of sulfonamides is 1. The van der Waals surface area contributed by atoms with Crippen LogP contribution in [0, 0.1) is 6.92 Å². The minimum Gasteiger partial charge on any atom is -0.465 e. The van der Waals surface area contributed by atoms with Crippen LogP contribution in [0.3, 0.4) is 0 Å². The highest BCUT2D eigenvalue weighted by Crippen LogP contribution is 2.31. The highest BCUT2D eigenvalue weighted by atomic mass is 32.2. The van der Waals surface area contributed by atoms with Gasteiger partial charge in [-0.15, -0.1) is 11.3 Å². The Hall–Kier alpha value is -3.23. The van der Waals surface area contributed by atoms with Crippen molar-refractivity contribution in [1.82, 2.24) is 4.98 Å². The van der Waals surface area contributed by atoms with Crippen LogP contribution in [0.5, 0.6) is 0 Å². The van der Waals surface area contributed by atoms with Crippen molar-refractivity contribution in [3.63, 3.8) is 0 Å². The number of nitrogens with zero attached hydrogens (tertiary/aromatic N) is 1. The first kappa shape index (κ1) is 22.0. The lowest BCUT2D eigenvalue weighted by molar-refractivity contribution is 0.0599. The summed E-state index contributed by atoms with van der Waals surface area (Å²) in [5, 5.41) is 0.873. The van der Waals surface area contributed by atoms with E-state index in [1.165, 1.54) is 24.8 Å². The van der Waals surface area contributed by atoms with E-state index in [1.807, 2.05) is 38.1 Å². The van der Waals surface area contributed by atoms with Gasteiger partial charge >= 0.3 is 5.97 Å². The summed E-state index contributed by atoms with van der Waals surface area (Å²) in [6.45, 7) is 3.94. The SMILES string of the molecule is CCc1ccc(S(=O)(=O)Nc2ccc(-c3nc4ccc(C)cc4s3)cc2)cc1C(=O)OC. The van der Waals surface area contributed by atoms with Crippen LogP contribution in [0.2, 0.25) is 0 Å². The van der Waals surface area contributed by atoms with Crippen LogP contribution in [-0.2, 0) is 21.2 Å². The average molecular weight is 467 g/mol. The maximum atomic E-state index is 12.9. The lowest BCUT2D eigenvalue weighted by Gasteiger charge is -2.11. The van der Waals surface area contributed by atoms with Gasteiger partial charge in [0.15, 0.2) is 0 Å². The normalized spacial score (nSPS) is 11.5. The van der Waals surface area contributed by atoms with Crippen molar-refractivity contribution in [3.8, 4) is 10.6 Å². The van der Waals surface area contributed by atoms with E-state index in [0.717, 1.165) is 26.4 Å². The smallest absolute Gasteiger partial charge is 0.338 e. The molecule has 0 saturated heterocycles. The van der Waals surface area contributed by atoms with E-state index in [-0.39, 0.29) is 10.5 Å². The molecule has 0 aliphatic rings. The average Bonchev–Trinajstić information content (AvgIpc) is 3.21. The van der Waals surface area contributed by atoms with E-state index >= 15 is 0 Å². The fraction of sp³-hybridized carbons (Fsp3) is 0.167. The molecule has 0 bridgehead atoms. The summed E-state index contributed by atoms with van der Waals surface area (Å²) in [6, 6.07) is 17.7. The number of hydrogen-bond acceptors (Lipinski definition) is 6. The van der Waals surface area contributed by atoms with Gasteiger partial charge in [-0.1, -0.05) is 19.1 Å². The molecule has 1 N–H and O–H groups in total. The van der Waals surface area contributed by atoms with Gasteiger partial charge in [0, 0.05) is 11.3 Å². The maximum absolute atomic E-state index is 12.9. The zero-order valence-electron chi connectivity index (χ0n) is 17.9. The van der Waals surface area contributed by atoms with Crippen LogP contribution in [0.25, 0.3) is 20.8 Å². The Bertz CT molecular complexity index is 1410. The van der Waals surface area contributed by atoms with Gasteiger partial charge in [-0.05, 0) is 73.0 Å². The van der Waals surface area contributed by atoms with Crippen molar-refractivity contribution in [2.75, 3.05) is 11.8 Å². The molecule has 0 aliphatic carbocycles. The second kappa shape index (κ2) is 8.72. The summed E-state index contributed by atoms with van der Waals surface area (Å²) in [5.41, 5.74) is 4.43. The predicted octanol–water partition coefficient (Wildman–Crippen LogP) is 5.42. The number of benzene rings is 3. The van der Waals surface area contributed by atoms with E-state index < -0.39 is 16.0 Å². The largest absolute Gasteiger partial charge is 0.465 e. The number of hydrogen-bond donors (Lipinski definition) is 1. The standard InChI is InChI=1S/C24H22N2O4S2/c1-4-16-8-11-19(14-20(16)24(27)30-3)32(28,29)26-18-9-6-17(7-10-18)23-25-21-12-5-15(2)13-22(21)31-23/h5-14,26H,4H2,1-3H3. The van der Waals surface area contributed by atoms with Crippen LogP contribution >= 0.6 is 11.3 Å². The van der Waals surface area contributed by atoms with Crippen molar-refractivity contribution in [2.24, 2.45) is 0 Å². The molecule has 0 atom stereocenters. The Balaban J connectivity index is 1.59. The fourth-order valence-electron chi connectivity index (χ4n) is 3.38. The predicted molar refractivity (Wildman–Crippen MR) is 128 cm³/mol. The van der Waals surface area contributed by atoms with Gasteiger partial charge in [-0.3, -0.25) is 4.72 Å². The number of methoxy groups -OCH3 is 1. The molecule has 8 heteroatoms. The number of thiazole rings is 1. The van der Waals surface area contributed by atoms with E-state index in [2.05, 4.69) is 15.8 Å². The lowest BCUT2D eigenvalue weighted by atomic mass is 10.1. The summed E-state index contributed by atoms with van der Waals surface area (Å²) < 4.78 is 34.3. The van der Waals surface area contributed by atoms with Crippen molar-refractivity contribution < 1.29 is 17.9 Å². The van der Waals surface area contributed by atoms with E-state index in [4.69, 9.17) is 4.74 Å². The topological polar surface area (TPSA) is 85.4 Å². The minimum absolute atomic E-state index is 0.000666. The molecule has 0 radical (unpaired) electrons. The number of carbonyl (C=O) groups is 1. The molecule has 1 aromatic heterocycles. The summed E-state index contributed by atoms with van der Waals surface area (Å²) in [6.07, 6.45) is 0.588. The molecule has 4 rings (SSSR count). The quantitative estimate of drug-likeness (QED) is 0.384. The number of nitrogens with one attached hydrogen (secondary N) is 1. The van der Waals surface area contributed by atoms with E-state index in [0.29, 0.717) is 12.1 Å². The Morgan fingerprint density at radius 1 is 1.06 bits per heavy atom. The lowest BCUT2D eigenvalue weighted by Crippen LogP contribution is -2.15. The molecule has 1 heterocycles. The van der Waals surface area contributed by atoms with Crippen LogP contribution in [-0.4, -0.2) is 26.5 Å². The molecule has 4 aromatic rings. The zero-order valence-corrected chi connectivity index (χ0v) is 19.5. The van der Waals surface area contributed by atoms with Crippen LogP contribution in [0.1, 0.15) is 28.4 Å². The second-order valence-electron chi connectivity index (χ2n) is 7.34. The van der Waals surface area contributed by atoms with Crippen LogP contribution < -0.4 is 4.72 Å². The van der Waals surface area contributed by atoms with Crippen molar-refractivity contribution in [1.29, 1.82) is 0 Å². The third-order valence-corrected chi connectivity index (χ3v) is 7.55. The molecule has 0 amide bonds. The molecule has 0 aliphatic heterocycles. The molecule has 6 nitrogen and oxygen atoms in total. The Morgan fingerprint density at radius 3 is 2.50 bits per heavy atom. The molecule has 3 aromatic carbocycles. The van der Waals surface area contributed by atoms with Crippen LogP contribution in [0.15, 0.2) is 65.6 Å². The molecule has 0 saturated carbocycles. The first-order valence-electron chi connectivity index (χ1n) is 10.0.